The van der Waals surface area contributed by atoms with Crippen LogP contribution in [0.1, 0.15) is 42.9 Å². The molecule has 2 aromatic rings. The molecule has 0 unspecified atom stereocenters. The number of anilines is 1. The van der Waals surface area contributed by atoms with E-state index in [9.17, 15) is 14.4 Å². The van der Waals surface area contributed by atoms with Crippen LogP contribution in [0.15, 0.2) is 48.5 Å². The topological polar surface area (TPSA) is 75.7 Å². The van der Waals surface area contributed by atoms with Gasteiger partial charge < -0.3 is 15.0 Å². The summed E-state index contributed by atoms with van der Waals surface area (Å²) in [6.45, 7) is 7.31. The number of para-hydroxylation sites is 1. The highest BCUT2D eigenvalue weighted by molar-refractivity contribution is 5.96. The van der Waals surface area contributed by atoms with Gasteiger partial charge in [-0.15, -0.1) is 0 Å². The average molecular weight is 425 g/mol. The van der Waals surface area contributed by atoms with E-state index in [1.54, 1.807) is 0 Å². The number of likely N-dealkylation sites (N-methyl/N-ethyl adjacent to an activating group) is 1. The van der Waals surface area contributed by atoms with Crippen molar-refractivity contribution in [2.45, 2.75) is 40.0 Å². The molecule has 166 valence electrons. The van der Waals surface area contributed by atoms with Crippen molar-refractivity contribution in [3.05, 3.63) is 65.2 Å². The second-order valence-electron chi connectivity index (χ2n) is 7.95. The van der Waals surface area contributed by atoms with Crippen molar-refractivity contribution >= 4 is 23.5 Å². The van der Waals surface area contributed by atoms with Crippen LogP contribution in [-0.2, 0) is 19.1 Å². The largest absolute Gasteiger partial charge is 0.455 e. The number of aryl methyl sites for hydroxylation is 2. The normalized spacial score (nSPS) is 12.5. The first-order valence-corrected chi connectivity index (χ1v) is 10.6. The van der Waals surface area contributed by atoms with E-state index >= 15 is 0 Å². The number of amides is 2. The molecule has 2 atom stereocenters. The molecule has 31 heavy (non-hydrogen) atoms. The third-order valence-electron chi connectivity index (χ3n) is 5.52. The predicted octanol–water partition coefficient (Wildman–Crippen LogP) is 4.07. The van der Waals surface area contributed by atoms with E-state index in [1.807, 2.05) is 76.2 Å². The van der Waals surface area contributed by atoms with Gasteiger partial charge in [0.15, 0.2) is 6.61 Å². The van der Waals surface area contributed by atoms with E-state index in [0.717, 1.165) is 28.8 Å². The van der Waals surface area contributed by atoms with Crippen LogP contribution in [0.5, 0.6) is 0 Å². The zero-order valence-corrected chi connectivity index (χ0v) is 19.0. The van der Waals surface area contributed by atoms with E-state index in [2.05, 4.69) is 5.32 Å². The number of esters is 1. The Kier molecular flexibility index (Phi) is 8.79. The van der Waals surface area contributed by atoms with Gasteiger partial charge in [0.2, 0.25) is 5.91 Å². The molecule has 0 aliphatic rings. The zero-order chi connectivity index (χ0) is 23.0. The Morgan fingerprint density at radius 1 is 1.00 bits per heavy atom. The van der Waals surface area contributed by atoms with Crippen LogP contribution in [0.4, 0.5) is 5.69 Å². The van der Waals surface area contributed by atoms with E-state index < -0.39 is 24.4 Å². The molecule has 0 spiro atoms. The molecule has 2 rings (SSSR count). The van der Waals surface area contributed by atoms with Gasteiger partial charge in [0.25, 0.3) is 5.91 Å². The number of nitrogens with zero attached hydrogens (tertiary/aromatic N) is 1. The Morgan fingerprint density at radius 3 is 2.19 bits per heavy atom. The van der Waals surface area contributed by atoms with Crippen LogP contribution < -0.4 is 5.32 Å². The maximum Gasteiger partial charge on any atom is 0.314 e. The van der Waals surface area contributed by atoms with E-state index in [4.69, 9.17) is 4.74 Å². The maximum absolute atomic E-state index is 12.7. The van der Waals surface area contributed by atoms with Crippen molar-refractivity contribution in [2.75, 3.05) is 25.5 Å². The number of carbonyl (C=O) groups excluding carboxylic acids is 3. The number of ether oxygens (including phenoxy) is 1. The Bertz CT molecular complexity index is 891. The van der Waals surface area contributed by atoms with Gasteiger partial charge in [0, 0.05) is 12.7 Å². The molecule has 6 heteroatoms. The smallest absolute Gasteiger partial charge is 0.314 e. The number of nitrogens with one attached hydrogen (secondary N) is 1. The van der Waals surface area contributed by atoms with Crippen molar-refractivity contribution in [1.29, 1.82) is 0 Å². The second kappa shape index (κ2) is 11.3. The summed E-state index contributed by atoms with van der Waals surface area (Å²) in [5.74, 6) is -1.52. The Labute approximate surface area is 184 Å². The summed E-state index contributed by atoms with van der Waals surface area (Å²) in [7, 11) is 1.52. The molecule has 0 aliphatic carbocycles. The summed E-state index contributed by atoms with van der Waals surface area (Å²) < 4.78 is 5.34. The lowest BCUT2D eigenvalue weighted by Gasteiger charge is -2.23. The molecule has 0 heterocycles. The molecule has 0 fully saturated rings. The summed E-state index contributed by atoms with van der Waals surface area (Å²) >= 11 is 0. The molecule has 2 aromatic carbocycles. The predicted molar refractivity (Wildman–Crippen MR) is 122 cm³/mol. The first-order chi connectivity index (χ1) is 14.7. The minimum absolute atomic E-state index is 0.0749. The van der Waals surface area contributed by atoms with Crippen molar-refractivity contribution in [3.63, 3.8) is 0 Å². The van der Waals surface area contributed by atoms with Crippen LogP contribution in [0, 0.1) is 19.8 Å². The highest BCUT2D eigenvalue weighted by atomic mass is 16.5. The number of benzene rings is 2. The lowest BCUT2D eigenvalue weighted by Crippen LogP contribution is -2.38. The van der Waals surface area contributed by atoms with Gasteiger partial charge in [-0.1, -0.05) is 68.8 Å². The van der Waals surface area contributed by atoms with Crippen molar-refractivity contribution in [1.82, 2.24) is 4.90 Å². The minimum atomic E-state index is -0.434. The van der Waals surface area contributed by atoms with Gasteiger partial charge in [-0.05, 0) is 36.5 Å². The van der Waals surface area contributed by atoms with E-state index in [-0.39, 0.29) is 18.4 Å². The van der Waals surface area contributed by atoms with E-state index in [0.29, 0.717) is 0 Å². The maximum atomic E-state index is 12.7. The zero-order valence-electron chi connectivity index (χ0n) is 19.0. The summed E-state index contributed by atoms with van der Waals surface area (Å²) in [4.78, 5) is 38.8. The molecule has 1 N–H and O–H groups in total. The monoisotopic (exact) mass is 424 g/mol. The Morgan fingerprint density at radius 2 is 1.61 bits per heavy atom. The highest BCUT2D eigenvalue weighted by Gasteiger charge is 2.28. The fraction of sp³-hybridized carbons (Fsp3) is 0.400. The van der Waals surface area contributed by atoms with Gasteiger partial charge in [0.1, 0.15) is 0 Å². The van der Waals surface area contributed by atoms with Crippen molar-refractivity contribution in [3.8, 4) is 0 Å². The van der Waals surface area contributed by atoms with Crippen LogP contribution in [-0.4, -0.2) is 42.9 Å². The summed E-state index contributed by atoms with van der Waals surface area (Å²) in [6.07, 6.45) is 0.807. The van der Waals surface area contributed by atoms with Gasteiger partial charge in [-0.2, -0.15) is 0 Å². The Balaban J connectivity index is 1.93. The summed E-state index contributed by atoms with van der Waals surface area (Å²) in [6, 6.07) is 15.2. The highest BCUT2D eigenvalue weighted by Crippen LogP contribution is 2.28. The first-order valence-electron chi connectivity index (χ1n) is 10.6. The lowest BCUT2D eigenvalue weighted by molar-refractivity contribution is -0.154. The van der Waals surface area contributed by atoms with E-state index in [1.165, 1.54) is 11.9 Å². The number of carbonyl (C=O) groups is 3. The first kappa shape index (κ1) is 24.1. The third-order valence-corrected chi connectivity index (χ3v) is 5.52. The average Bonchev–Trinajstić information content (AvgIpc) is 2.75. The standard InChI is InChI=1S/C25H32N2O4/c1-6-17(2)23(20-13-8-7-9-14-20)25(30)31-16-22(29)27(5)15-21(28)26-24-18(3)11-10-12-19(24)4/h7-14,17,23H,6,15-16H2,1-5H3,(H,26,28)/t17-,23+/m0/s1. The molecule has 2 amide bonds. The quantitative estimate of drug-likeness (QED) is 0.616. The summed E-state index contributed by atoms with van der Waals surface area (Å²) in [5.41, 5.74) is 3.52. The lowest BCUT2D eigenvalue weighted by atomic mass is 9.86. The van der Waals surface area contributed by atoms with Crippen LogP contribution in [0.3, 0.4) is 0 Å². The SMILES string of the molecule is CC[C@H](C)[C@@H](C(=O)OCC(=O)N(C)CC(=O)Nc1c(C)cccc1C)c1ccccc1. The molecule has 0 saturated heterocycles. The second-order valence-corrected chi connectivity index (χ2v) is 7.95. The molecule has 0 saturated carbocycles. The Hall–Kier alpha value is -3.15. The minimum Gasteiger partial charge on any atom is -0.455 e. The molecular formula is C25H32N2O4. The van der Waals surface area contributed by atoms with Crippen molar-refractivity contribution in [2.24, 2.45) is 5.92 Å². The van der Waals surface area contributed by atoms with Gasteiger partial charge in [-0.3, -0.25) is 14.4 Å². The molecule has 0 aromatic heterocycles. The number of hydrogen-bond donors (Lipinski definition) is 1. The molecular weight excluding hydrogens is 392 g/mol. The van der Waals surface area contributed by atoms with Gasteiger partial charge in [-0.25, -0.2) is 0 Å². The van der Waals surface area contributed by atoms with Crippen molar-refractivity contribution < 1.29 is 19.1 Å². The van der Waals surface area contributed by atoms with Crippen LogP contribution >= 0.6 is 0 Å². The van der Waals surface area contributed by atoms with Crippen LogP contribution in [0.25, 0.3) is 0 Å². The number of rotatable bonds is 9. The molecule has 0 aliphatic heterocycles. The fourth-order valence-electron chi connectivity index (χ4n) is 3.42. The third kappa shape index (κ3) is 6.67. The van der Waals surface area contributed by atoms with Gasteiger partial charge in [0.05, 0.1) is 12.5 Å². The fourth-order valence-corrected chi connectivity index (χ4v) is 3.42. The molecule has 6 nitrogen and oxygen atoms in total. The summed E-state index contributed by atoms with van der Waals surface area (Å²) in [5, 5.41) is 2.85. The van der Waals surface area contributed by atoms with Gasteiger partial charge >= 0.3 is 5.97 Å². The molecule has 0 bridgehead atoms. The number of hydrogen-bond acceptors (Lipinski definition) is 4. The molecule has 0 radical (unpaired) electrons. The van der Waals surface area contributed by atoms with Crippen LogP contribution in [0.2, 0.25) is 0 Å².